The van der Waals surface area contributed by atoms with Crippen LogP contribution < -0.4 is 10.1 Å². The lowest BCUT2D eigenvalue weighted by Gasteiger charge is -2.18. The summed E-state index contributed by atoms with van der Waals surface area (Å²) >= 11 is 0. The molecule has 0 radical (unpaired) electrons. The number of hydrogen-bond donors (Lipinski definition) is 2. The number of aromatic hydroxyl groups is 1. The van der Waals surface area contributed by atoms with E-state index in [-0.39, 0.29) is 18.2 Å². The minimum absolute atomic E-state index is 0.0676. The molecule has 0 aliphatic carbocycles. The molecule has 5 nitrogen and oxygen atoms in total. The topological polar surface area (TPSA) is 61.8 Å². The highest BCUT2D eigenvalue weighted by Crippen LogP contribution is 2.22. The van der Waals surface area contributed by atoms with E-state index in [2.05, 4.69) is 5.32 Å². The first kappa shape index (κ1) is 15.3. The highest BCUT2D eigenvalue weighted by Gasteiger charge is 2.09. The minimum atomic E-state index is 0.0676. The summed E-state index contributed by atoms with van der Waals surface area (Å²) in [5.41, 5.74) is 0.744. The number of amides is 1. The van der Waals surface area contributed by atoms with Crippen LogP contribution in [0.5, 0.6) is 11.5 Å². The molecule has 0 bridgehead atoms. The van der Waals surface area contributed by atoms with E-state index in [0.717, 1.165) is 5.56 Å². The molecule has 0 aromatic heterocycles. The van der Waals surface area contributed by atoms with Crippen molar-refractivity contribution in [2.45, 2.75) is 20.4 Å². The standard InChI is InChI=1S/C14H22N2O3/c1-4-16(5-2)14(18)10-15-9-11-6-7-12(19-3)8-13(11)17/h6-8,15,17H,4-5,9-10H2,1-3H3. The Bertz CT molecular complexity index is 417. The van der Waals surface area contributed by atoms with Gasteiger partial charge in [-0.15, -0.1) is 0 Å². The third kappa shape index (κ3) is 4.44. The van der Waals surface area contributed by atoms with Crippen molar-refractivity contribution in [3.05, 3.63) is 23.8 Å². The Kier molecular flexibility index (Phi) is 6.15. The van der Waals surface area contributed by atoms with Crippen molar-refractivity contribution in [2.24, 2.45) is 0 Å². The maximum absolute atomic E-state index is 11.8. The van der Waals surface area contributed by atoms with Crippen molar-refractivity contribution in [3.63, 3.8) is 0 Å². The van der Waals surface area contributed by atoms with Crippen LogP contribution in [0.1, 0.15) is 19.4 Å². The summed E-state index contributed by atoms with van der Waals surface area (Å²) in [4.78, 5) is 13.5. The normalized spacial score (nSPS) is 10.3. The van der Waals surface area contributed by atoms with E-state index in [4.69, 9.17) is 4.74 Å². The molecule has 0 saturated carbocycles. The second kappa shape index (κ2) is 7.63. The fourth-order valence-corrected chi connectivity index (χ4v) is 1.81. The Morgan fingerprint density at radius 3 is 2.58 bits per heavy atom. The van der Waals surface area contributed by atoms with Crippen molar-refractivity contribution in [1.29, 1.82) is 0 Å². The highest BCUT2D eigenvalue weighted by molar-refractivity contribution is 5.78. The second-order valence-corrected chi connectivity index (χ2v) is 4.16. The number of likely N-dealkylation sites (N-methyl/N-ethyl adjacent to an activating group) is 1. The Morgan fingerprint density at radius 1 is 1.37 bits per heavy atom. The Labute approximate surface area is 114 Å². The van der Waals surface area contributed by atoms with Crippen LogP contribution in [-0.4, -0.2) is 42.7 Å². The molecular weight excluding hydrogens is 244 g/mol. The van der Waals surface area contributed by atoms with E-state index in [0.29, 0.717) is 25.4 Å². The number of carbonyl (C=O) groups excluding carboxylic acids is 1. The zero-order chi connectivity index (χ0) is 14.3. The largest absolute Gasteiger partial charge is 0.507 e. The van der Waals surface area contributed by atoms with Gasteiger partial charge in [-0.05, 0) is 19.9 Å². The van der Waals surface area contributed by atoms with E-state index in [1.807, 2.05) is 13.8 Å². The molecule has 19 heavy (non-hydrogen) atoms. The van der Waals surface area contributed by atoms with Crippen LogP contribution in [0.3, 0.4) is 0 Å². The van der Waals surface area contributed by atoms with Gasteiger partial charge < -0.3 is 20.1 Å². The minimum Gasteiger partial charge on any atom is -0.507 e. The SMILES string of the molecule is CCN(CC)C(=O)CNCc1ccc(OC)cc1O. The van der Waals surface area contributed by atoms with Crippen molar-refractivity contribution >= 4 is 5.91 Å². The molecule has 0 unspecified atom stereocenters. The van der Waals surface area contributed by atoms with E-state index < -0.39 is 0 Å². The lowest BCUT2D eigenvalue weighted by Crippen LogP contribution is -2.37. The number of phenolic OH excluding ortho intramolecular Hbond substituents is 1. The molecule has 1 aromatic carbocycles. The maximum Gasteiger partial charge on any atom is 0.236 e. The smallest absolute Gasteiger partial charge is 0.236 e. The van der Waals surface area contributed by atoms with Gasteiger partial charge in [-0.25, -0.2) is 0 Å². The molecule has 106 valence electrons. The lowest BCUT2D eigenvalue weighted by atomic mass is 10.2. The van der Waals surface area contributed by atoms with Gasteiger partial charge in [-0.1, -0.05) is 6.07 Å². The predicted octanol–water partition coefficient (Wildman–Crippen LogP) is 1.36. The number of carbonyl (C=O) groups is 1. The molecule has 5 heteroatoms. The Hall–Kier alpha value is -1.75. The van der Waals surface area contributed by atoms with Crippen molar-refractivity contribution in [3.8, 4) is 11.5 Å². The van der Waals surface area contributed by atoms with E-state index >= 15 is 0 Å². The molecule has 0 spiro atoms. The fraction of sp³-hybridized carbons (Fsp3) is 0.500. The van der Waals surface area contributed by atoms with Gasteiger partial charge in [0.2, 0.25) is 5.91 Å². The number of rotatable bonds is 7. The van der Waals surface area contributed by atoms with Gasteiger partial charge in [0.1, 0.15) is 11.5 Å². The van der Waals surface area contributed by atoms with Crippen LogP contribution in [0.2, 0.25) is 0 Å². The quantitative estimate of drug-likeness (QED) is 0.782. The average Bonchev–Trinajstić information content (AvgIpc) is 2.42. The Morgan fingerprint density at radius 2 is 2.05 bits per heavy atom. The van der Waals surface area contributed by atoms with Crippen molar-refractivity contribution < 1.29 is 14.6 Å². The molecule has 1 aromatic rings. The Balaban J connectivity index is 2.47. The van der Waals surface area contributed by atoms with Crippen LogP contribution in [0.15, 0.2) is 18.2 Å². The first-order chi connectivity index (χ1) is 9.12. The summed E-state index contributed by atoms with van der Waals surface area (Å²) in [7, 11) is 1.55. The summed E-state index contributed by atoms with van der Waals surface area (Å²) < 4.78 is 5.01. The van der Waals surface area contributed by atoms with Crippen molar-refractivity contribution in [2.75, 3.05) is 26.7 Å². The molecule has 1 amide bonds. The number of methoxy groups -OCH3 is 1. The van der Waals surface area contributed by atoms with Gasteiger partial charge in [0, 0.05) is 31.3 Å². The zero-order valence-electron chi connectivity index (χ0n) is 11.8. The van der Waals surface area contributed by atoms with Crippen LogP contribution in [0.4, 0.5) is 0 Å². The number of nitrogens with zero attached hydrogens (tertiary/aromatic N) is 1. The molecule has 0 saturated heterocycles. The second-order valence-electron chi connectivity index (χ2n) is 4.16. The molecule has 0 atom stereocenters. The highest BCUT2D eigenvalue weighted by atomic mass is 16.5. The third-order valence-corrected chi connectivity index (χ3v) is 3.00. The third-order valence-electron chi connectivity index (χ3n) is 3.00. The molecule has 1 rings (SSSR count). The van der Waals surface area contributed by atoms with Crippen LogP contribution >= 0.6 is 0 Å². The monoisotopic (exact) mass is 266 g/mol. The number of ether oxygens (including phenoxy) is 1. The van der Waals surface area contributed by atoms with Gasteiger partial charge in [0.05, 0.1) is 13.7 Å². The van der Waals surface area contributed by atoms with Gasteiger partial charge in [0.15, 0.2) is 0 Å². The predicted molar refractivity (Wildman–Crippen MR) is 74.3 cm³/mol. The van der Waals surface area contributed by atoms with E-state index in [1.165, 1.54) is 0 Å². The molecular formula is C14H22N2O3. The number of benzene rings is 1. The maximum atomic E-state index is 11.8. The van der Waals surface area contributed by atoms with E-state index in [1.54, 1.807) is 30.2 Å². The fourth-order valence-electron chi connectivity index (χ4n) is 1.81. The summed E-state index contributed by atoms with van der Waals surface area (Å²) in [5.74, 6) is 0.848. The average molecular weight is 266 g/mol. The summed E-state index contributed by atoms with van der Waals surface area (Å²) in [6.45, 7) is 6.05. The molecule has 2 N–H and O–H groups in total. The van der Waals surface area contributed by atoms with Crippen LogP contribution in [-0.2, 0) is 11.3 Å². The molecule has 0 aliphatic rings. The van der Waals surface area contributed by atoms with Gasteiger partial charge >= 0.3 is 0 Å². The van der Waals surface area contributed by atoms with Crippen LogP contribution in [0.25, 0.3) is 0 Å². The molecule has 0 aliphatic heterocycles. The zero-order valence-corrected chi connectivity index (χ0v) is 11.8. The molecule has 0 fully saturated rings. The molecule has 0 heterocycles. The van der Waals surface area contributed by atoms with Gasteiger partial charge in [-0.2, -0.15) is 0 Å². The van der Waals surface area contributed by atoms with Gasteiger partial charge in [-0.3, -0.25) is 4.79 Å². The number of hydrogen-bond acceptors (Lipinski definition) is 4. The first-order valence-corrected chi connectivity index (χ1v) is 6.46. The number of phenols is 1. The summed E-state index contributed by atoms with van der Waals surface area (Å²) in [6.07, 6.45) is 0. The van der Waals surface area contributed by atoms with E-state index in [9.17, 15) is 9.90 Å². The lowest BCUT2D eigenvalue weighted by molar-refractivity contribution is -0.129. The summed E-state index contributed by atoms with van der Waals surface area (Å²) in [5, 5.41) is 12.8. The van der Waals surface area contributed by atoms with Crippen molar-refractivity contribution in [1.82, 2.24) is 10.2 Å². The first-order valence-electron chi connectivity index (χ1n) is 6.46. The van der Waals surface area contributed by atoms with Crippen LogP contribution in [0, 0.1) is 0 Å². The summed E-state index contributed by atoms with van der Waals surface area (Å²) in [6, 6.07) is 5.12. The number of nitrogens with one attached hydrogen (secondary N) is 1. The van der Waals surface area contributed by atoms with Gasteiger partial charge in [0.25, 0.3) is 0 Å².